The molecule has 0 bridgehead atoms. The highest BCUT2D eigenvalue weighted by Gasteiger charge is 2.24. The van der Waals surface area contributed by atoms with Crippen LogP contribution in [0.4, 0.5) is 0 Å². The van der Waals surface area contributed by atoms with E-state index < -0.39 is 16.0 Å². The normalized spacial score (nSPS) is 11.9. The van der Waals surface area contributed by atoms with Crippen molar-refractivity contribution in [1.29, 1.82) is 0 Å². The van der Waals surface area contributed by atoms with Crippen molar-refractivity contribution >= 4 is 27.3 Å². The van der Waals surface area contributed by atoms with Crippen LogP contribution in [0.25, 0.3) is 0 Å². The number of carbonyl (C=O) groups is 1. The summed E-state index contributed by atoms with van der Waals surface area (Å²) in [7, 11) is -2.34. The average Bonchev–Trinajstić information content (AvgIpc) is 2.99. The summed E-state index contributed by atoms with van der Waals surface area (Å²) in [5.41, 5.74) is -0.0448. The third kappa shape index (κ3) is 2.80. The number of thiophene rings is 1. The fourth-order valence-corrected chi connectivity index (χ4v) is 3.82. The average molecular weight is 302 g/mol. The second-order valence-corrected chi connectivity index (χ2v) is 6.84. The van der Waals surface area contributed by atoms with Gasteiger partial charge in [-0.3, -0.25) is 5.10 Å². The Morgan fingerprint density at radius 2 is 2.32 bits per heavy atom. The second kappa shape index (κ2) is 5.07. The van der Waals surface area contributed by atoms with E-state index in [-0.39, 0.29) is 16.3 Å². The molecule has 0 unspecified atom stereocenters. The molecule has 2 aromatic rings. The van der Waals surface area contributed by atoms with Gasteiger partial charge in [0, 0.05) is 12.4 Å². The van der Waals surface area contributed by atoms with Crippen LogP contribution in [0.1, 0.15) is 16.2 Å². The van der Waals surface area contributed by atoms with Crippen LogP contribution in [0.3, 0.4) is 0 Å². The molecule has 0 aliphatic rings. The van der Waals surface area contributed by atoms with E-state index in [2.05, 4.69) is 15.2 Å². The largest absolute Gasteiger partial charge is 0.478 e. The Hall–Kier alpha value is -1.78. The van der Waals surface area contributed by atoms with Crippen LogP contribution < -0.4 is 0 Å². The van der Waals surface area contributed by atoms with E-state index in [1.165, 1.54) is 18.8 Å². The van der Waals surface area contributed by atoms with Crippen LogP contribution in [0.5, 0.6) is 0 Å². The highest BCUT2D eigenvalue weighted by Crippen LogP contribution is 2.23. The standard InChI is InChI=1S/C9H10N4O4S2/c1-13(3-7-10-5-11-12-7)19(16,17)8-2-6(4-18-8)9(14)15/h2,4-5H,3H2,1H3,(H,14,15)(H,10,11,12). The third-order valence-corrected chi connectivity index (χ3v) is 5.54. The molecule has 0 saturated carbocycles. The fourth-order valence-electron chi connectivity index (χ4n) is 1.32. The van der Waals surface area contributed by atoms with Crippen molar-refractivity contribution in [2.24, 2.45) is 0 Å². The number of hydrogen-bond acceptors (Lipinski definition) is 6. The maximum Gasteiger partial charge on any atom is 0.336 e. The number of H-pyrrole nitrogens is 1. The summed E-state index contributed by atoms with van der Waals surface area (Å²) in [6.07, 6.45) is 1.28. The molecule has 0 aromatic carbocycles. The minimum atomic E-state index is -3.73. The van der Waals surface area contributed by atoms with Crippen molar-refractivity contribution in [1.82, 2.24) is 19.5 Å². The molecule has 0 spiro atoms. The van der Waals surface area contributed by atoms with Gasteiger partial charge >= 0.3 is 5.97 Å². The lowest BCUT2D eigenvalue weighted by Crippen LogP contribution is -2.26. The lowest BCUT2D eigenvalue weighted by atomic mass is 10.4. The lowest BCUT2D eigenvalue weighted by molar-refractivity contribution is 0.0697. The molecule has 0 atom stereocenters. The number of aromatic carboxylic acids is 1. The van der Waals surface area contributed by atoms with Crippen molar-refractivity contribution in [2.45, 2.75) is 10.8 Å². The van der Waals surface area contributed by atoms with Gasteiger partial charge in [-0.05, 0) is 6.07 Å². The van der Waals surface area contributed by atoms with Gasteiger partial charge in [0.1, 0.15) is 16.4 Å². The summed E-state index contributed by atoms with van der Waals surface area (Å²) in [5, 5.41) is 16.3. The van der Waals surface area contributed by atoms with Crippen molar-refractivity contribution in [2.75, 3.05) is 7.05 Å². The molecule has 0 saturated heterocycles. The predicted molar refractivity (Wildman–Crippen MR) is 66.3 cm³/mol. The van der Waals surface area contributed by atoms with Crippen LogP contribution >= 0.6 is 11.3 Å². The second-order valence-electron chi connectivity index (χ2n) is 3.65. The van der Waals surface area contributed by atoms with Gasteiger partial charge in [0.2, 0.25) is 0 Å². The molecule has 0 amide bonds. The zero-order valence-corrected chi connectivity index (χ0v) is 11.4. The molecule has 0 aliphatic heterocycles. The summed E-state index contributed by atoms with van der Waals surface area (Å²) in [6.45, 7) is 0.0304. The molecule has 0 radical (unpaired) electrons. The van der Waals surface area contributed by atoms with Crippen LogP contribution in [-0.2, 0) is 16.6 Å². The number of hydrogen-bond donors (Lipinski definition) is 2. The van der Waals surface area contributed by atoms with Crippen LogP contribution in [0, 0.1) is 0 Å². The van der Waals surface area contributed by atoms with E-state index in [0.29, 0.717) is 5.82 Å². The fraction of sp³-hybridized carbons (Fsp3) is 0.222. The number of nitrogens with one attached hydrogen (secondary N) is 1. The molecule has 10 heteroatoms. The molecule has 2 rings (SSSR count). The van der Waals surface area contributed by atoms with E-state index in [0.717, 1.165) is 21.7 Å². The summed E-state index contributed by atoms with van der Waals surface area (Å²) in [4.78, 5) is 14.6. The topological polar surface area (TPSA) is 116 Å². The summed E-state index contributed by atoms with van der Waals surface area (Å²) >= 11 is 0.869. The molecule has 2 heterocycles. The smallest absolute Gasteiger partial charge is 0.336 e. The first-order valence-corrected chi connectivity index (χ1v) is 7.35. The van der Waals surface area contributed by atoms with Gasteiger partial charge in [-0.1, -0.05) is 0 Å². The highest BCUT2D eigenvalue weighted by molar-refractivity contribution is 7.91. The summed E-state index contributed by atoms with van der Waals surface area (Å²) in [6, 6.07) is 1.14. The van der Waals surface area contributed by atoms with Gasteiger partial charge in [0.25, 0.3) is 10.0 Å². The first kappa shape index (κ1) is 13.6. The molecular weight excluding hydrogens is 292 g/mol. The minimum Gasteiger partial charge on any atom is -0.478 e. The molecule has 0 fully saturated rings. The molecule has 2 N–H and O–H groups in total. The van der Waals surface area contributed by atoms with Gasteiger partial charge < -0.3 is 5.11 Å². The zero-order valence-electron chi connectivity index (χ0n) is 9.77. The number of nitrogens with zero attached hydrogens (tertiary/aromatic N) is 3. The van der Waals surface area contributed by atoms with Crippen LogP contribution in [-0.4, -0.2) is 46.0 Å². The Bertz CT molecular complexity index is 677. The van der Waals surface area contributed by atoms with Gasteiger partial charge in [0.15, 0.2) is 0 Å². The molecule has 8 nitrogen and oxygen atoms in total. The number of carboxylic acids is 1. The van der Waals surface area contributed by atoms with Gasteiger partial charge in [0.05, 0.1) is 12.1 Å². The van der Waals surface area contributed by atoms with Crippen molar-refractivity contribution < 1.29 is 18.3 Å². The Balaban J connectivity index is 2.23. The monoisotopic (exact) mass is 302 g/mol. The molecule has 2 aromatic heterocycles. The minimum absolute atomic E-state index is 0.0214. The lowest BCUT2D eigenvalue weighted by Gasteiger charge is -2.13. The van der Waals surface area contributed by atoms with E-state index >= 15 is 0 Å². The van der Waals surface area contributed by atoms with Gasteiger partial charge in [-0.25, -0.2) is 18.2 Å². The third-order valence-electron chi connectivity index (χ3n) is 2.32. The van der Waals surface area contributed by atoms with Crippen LogP contribution in [0.2, 0.25) is 0 Å². The number of aromatic nitrogens is 3. The molecular formula is C9H10N4O4S2. The SMILES string of the molecule is CN(Cc1ncn[nH]1)S(=O)(=O)c1cc(C(=O)O)cs1. The maximum absolute atomic E-state index is 12.2. The molecule has 102 valence electrons. The first-order chi connectivity index (χ1) is 8.91. The van der Waals surface area contributed by atoms with E-state index in [1.807, 2.05) is 0 Å². The quantitative estimate of drug-likeness (QED) is 0.825. The molecule has 0 aliphatic carbocycles. The maximum atomic E-state index is 12.2. The zero-order chi connectivity index (χ0) is 14.0. The van der Waals surface area contributed by atoms with Gasteiger partial charge in [-0.15, -0.1) is 11.3 Å². The molecule has 19 heavy (non-hydrogen) atoms. The summed E-state index contributed by atoms with van der Waals surface area (Å²) in [5.74, 6) is -0.753. The Kier molecular flexibility index (Phi) is 3.64. The Morgan fingerprint density at radius 1 is 1.58 bits per heavy atom. The number of sulfonamides is 1. The van der Waals surface area contributed by atoms with Crippen LogP contribution in [0.15, 0.2) is 22.0 Å². The number of aromatic amines is 1. The van der Waals surface area contributed by atoms with E-state index in [1.54, 1.807) is 0 Å². The number of rotatable bonds is 5. The van der Waals surface area contributed by atoms with Crippen molar-refractivity contribution in [3.8, 4) is 0 Å². The number of carboxylic acid groups (broad SMARTS) is 1. The summed E-state index contributed by atoms with van der Waals surface area (Å²) < 4.78 is 25.4. The Morgan fingerprint density at radius 3 is 2.84 bits per heavy atom. The Labute approximate surface area is 112 Å². The van der Waals surface area contributed by atoms with Crippen molar-refractivity contribution in [3.05, 3.63) is 29.2 Å². The van der Waals surface area contributed by atoms with Crippen molar-refractivity contribution in [3.63, 3.8) is 0 Å². The first-order valence-electron chi connectivity index (χ1n) is 5.03. The highest BCUT2D eigenvalue weighted by atomic mass is 32.2. The van der Waals surface area contributed by atoms with Gasteiger partial charge in [-0.2, -0.15) is 9.40 Å². The van der Waals surface area contributed by atoms with E-state index in [9.17, 15) is 13.2 Å². The van der Waals surface area contributed by atoms with E-state index in [4.69, 9.17) is 5.11 Å². The predicted octanol–water partition coefficient (Wildman–Crippen LogP) is 0.385.